The summed E-state index contributed by atoms with van der Waals surface area (Å²) in [5.41, 5.74) is 0.549. The monoisotopic (exact) mass is 277 g/mol. The summed E-state index contributed by atoms with van der Waals surface area (Å²) in [7, 11) is 0. The van der Waals surface area contributed by atoms with Crippen LogP contribution in [-0.4, -0.2) is 35.3 Å². The molecule has 1 fully saturated rings. The summed E-state index contributed by atoms with van der Waals surface area (Å²) in [6.45, 7) is 0.214. The van der Waals surface area contributed by atoms with Gasteiger partial charge in [-0.25, -0.2) is 0 Å². The Morgan fingerprint density at radius 3 is 2.84 bits per heavy atom. The molecule has 2 aliphatic rings. The van der Waals surface area contributed by atoms with Crippen molar-refractivity contribution in [2.75, 3.05) is 12.9 Å². The summed E-state index contributed by atoms with van der Waals surface area (Å²) in [4.78, 5) is 24.4. The van der Waals surface area contributed by atoms with Crippen LogP contribution in [0.2, 0.25) is 0 Å². The Labute approximate surface area is 115 Å². The van der Waals surface area contributed by atoms with Gasteiger partial charge in [0.2, 0.25) is 5.91 Å². The number of carbonyl (C=O) groups excluding carboxylic acids is 2. The molecule has 4 nitrogen and oxygen atoms in total. The van der Waals surface area contributed by atoms with E-state index in [-0.39, 0.29) is 23.0 Å². The summed E-state index contributed by atoms with van der Waals surface area (Å²) in [5, 5.41) is 2.83. The second-order valence-electron chi connectivity index (χ2n) is 4.90. The molecule has 0 unspecified atom stereocenters. The number of rotatable bonds is 3. The van der Waals surface area contributed by atoms with E-state index in [2.05, 4.69) is 5.32 Å². The van der Waals surface area contributed by atoms with Gasteiger partial charge in [-0.2, -0.15) is 0 Å². The molecular formula is C14H15NO3S. The lowest BCUT2D eigenvalue weighted by Gasteiger charge is -2.26. The first kappa shape index (κ1) is 12.5. The fraction of sp³-hybridized carbons (Fsp3) is 0.429. The van der Waals surface area contributed by atoms with Gasteiger partial charge >= 0.3 is 0 Å². The van der Waals surface area contributed by atoms with Gasteiger partial charge in [-0.3, -0.25) is 9.59 Å². The van der Waals surface area contributed by atoms with Crippen LogP contribution >= 0.6 is 11.8 Å². The van der Waals surface area contributed by atoms with Crippen LogP contribution in [0.5, 0.6) is 5.75 Å². The Bertz CT molecular complexity index is 539. The summed E-state index contributed by atoms with van der Waals surface area (Å²) >= 11 is 1.56. The third kappa shape index (κ3) is 2.12. The molecule has 1 heterocycles. The summed E-state index contributed by atoms with van der Waals surface area (Å²) < 4.78 is 5.22. The highest BCUT2D eigenvalue weighted by Gasteiger charge is 2.50. The third-order valence-corrected chi connectivity index (χ3v) is 5.06. The lowest BCUT2D eigenvalue weighted by Crippen LogP contribution is -2.50. The topological polar surface area (TPSA) is 55.4 Å². The number of ether oxygens (including phenoxy) is 1. The number of hydrogen-bond donors (Lipinski definition) is 1. The van der Waals surface area contributed by atoms with E-state index in [9.17, 15) is 9.59 Å². The second kappa shape index (κ2) is 4.56. The highest BCUT2D eigenvalue weighted by molar-refractivity contribution is 8.01. The molecule has 1 aromatic rings. The maximum atomic E-state index is 12.3. The normalized spacial score (nSPS) is 23.2. The van der Waals surface area contributed by atoms with Gasteiger partial charge in [-0.1, -0.05) is 12.1 Å². The van der Waals surface area contributed by atoms with E-state index in [0.29, 0.717) is 11.3 Å². The van der Waals surface area contributed by atoms with Crippen LogP contribution in [-0.2, 0) is 4.79 Å². The van der Waals surface area contributed by atoms with Crippen molar-refractivity contribution in [2.24, 2.45) is 0 Å². The van der Waals surface area contributed by atoms with Gasteiger partial charge in [0.15, 0.2) is 5.78 Å². The Hall–Kier alpha value is -1.49. The number of benzene rings is 1. The largest absolute Gasteiger partial charge is 0.490 e. The fourth-order valence-electron chi connectivity index (χ4n) is 2.27. The number of amides is 1. The van der Waals surface area contributed by atoms with Crippen molar-refractivity contribution in [1.29, 1.82) is 0 Å². The van der Waals surface area contributed by atoms with Gasteiger partial charge in [0.05, 0.1) is 10.3 Å². The van der Waals surface area contributed by atoms with Crippen molar-refractivity contribution in [3.63, 3.8) is 0 Å². The molecule has 100 valence electrons. The van der Waals surface area contributed by atoms with Crippen molar-refractivity contribution in [1.82, 2.24) is 5.32 Å². The number of thioether (sulfide) groups is 1. The standard InChI is InChI=1S/C14H15NO3S/c1-19-14(6-7-14)13(17)15-10-8-18-11-5-3-2-4-9(11)12(10)16/h2-5,10H,6-8H2,1H3,(H,15,17)/t10-/m0/s1. The predicted molar refractivity (Wildman–Crippen MR) is 73.7 cm³/mol. The fourth-order valence-corrected chi connectivity index (χ4v) is 3.02. The van der Waals surface area contributed by atoms with Crippen molar-refractivity contribution in [3.8, 4) is 5.75 Å². The van der Waals surface area contributed by atoms with Crippen LogP contribution in [0.3, 0.4) is 0 Å². The van der Waals surface area contributed by atoms with Crippen LogP contribution in [0, 0.1) is 0 Å². The quantitative estimate of drug-likeness (QED) is 0.912. The Morgan fingerprint density at radius 1 is 1.42 bits per heavy atom. The van der Waals surface area contributed by atoms with Crippen molar-refractivity contribution < 1.29 is 14.3 Å². The SMILES string of the molecule is CSC1(C(=O)N[C@H]2COc3ccccc3C2=O)CC1. The number of fused-ring (bicyclic) bond motifs is 1. The van der Waals surface area contributed by atoms with Crippen molar-refractivity contribution >= 4 is 23.5 Å². The van der Waals surface area contributed by atoms with E-state index in [1.165, 1.54) is 0 Å². The highest BCUT2D eigenvalue weighted by atomic mass is 32.2. The molecule has 0 saturated heterocycles. The molecular weight excluding hydrogens is 262 g/mol. The highest BCUT2D eigenvalue weighted by Crippen LogP contribution is 2.47. The number of hydrogen-bond acceptors (Lipinski definition) is 4. The second-order valence-corrected chi connectivity index (χ2v) is 6.09. The molecule has 5 heteroatoms. The average molecular weight is 277 g/mol. The van der Waals surface area contributed by atoms with Gasteiger partial charge in [-0.05, 0) is 31.2 Å². The third-order valence-electron chi connectivity index (χ3n) is 3.69. The smallest absolute Gasteiger partial charge is 0.236 e. The minimum Gasteiger partial charge on any atom is -0.490 e. The van der Waals surface area contributed by atoms with Crippen LogP contribution in [0.1, 0.15) is 23.2 Å². The molecule has 0 bridgehead atoms. The van der Waals surface area contributed by atoms with Gasteiger partial charge in [0, 0.05) is 0 Å². The first-order valence-corrected chi connectivity index (χ1v) is 7.51. The zero-order valence-electron chi connectivity index (χ0n) is 10.6. The van der Waals surface area contributed by atoms with E-state index in [4.69, 9.17) is 4.74 Å². The van der Waals surface area contributed by atoms with E-state index >= 15 is 0 Å². The van der Waals surface area contributed by atoms with Crippen LogP contribution < -0.4 is 10.1 Å². The number of ketones is 1. The summed E-state index contributed by atoms with van der Waals surface area (Å²) in [6.07, 6.45) is 3.71. The van der Waals surface area contributed by atoms with Gasteiger partial charge in [-0.15, -0.1) is 11.8 Å². The molecule has 19 heavy (non-hydrogen) atoms. The molecule has 1 saturated carbocycles. The average Bonchev–Trinajstić information content (AvgIpc) is 3.23. The number of carbonyl (C=O) groups is 2. The maximum absolute atomic E-state index is 12.3. The van der Waals surface area contributed by atoms with E-state index in [0.717, 1.165) is 12.8 Å². The maximum Gasteiger partial charge on any atom is 0.236 e. The number of nitrogens with one attached hydrogen (secondary N) is 1. The van der Waals surface area contributed by atoms with Crippen LogP contribution in [0.4, 0.5) is 0 Å². The van der Waals surface area contributed by atoms with Gasteiger partial charge in [0.1, 0.15) is 18.4 Å². The van der Waals surface area contributed by atoms with E-state index in [1.807, 2.05) is 12.3 Å². The Balaban J connectivity index is 1.74. The van der Waals surface area contributed by atoms with Crippen molar-refractivity contribution in [2.45, 2.75) is 23.6 Å². The minimum atomic E-state index is -0.563. The molecule has 1 atom stereocenters. The molecule has 0 radical (unpaired) electrons. The van der Waals surface area contributed by atoms with E-state index in [1.54, 1.807) is 30.0 Å². The molecule has 0 aromatic heterocycles. The predicted octanol–water partition coefficient (Wildman–Crippen LogP) is 1.64. The molecule has 3 rings (SSSR count). The lowest BCUT2D eigenvalue weighted by atomic mass is 10.0. The molecule has 1 amide bonds. The Morgan fingerprint density at radius 2 is 2.16 bits per heavy atom. The van der Waals surface area contributed by atoms with Crippen molar-refractivity contribution in [3.05, 3.63) is 29.8 Å². The zero-order valence-corrected chi connectivity index (χ0v) is 11.5. The Kier molecular flexibility index (Phi) is 3.01. The lowest BCUT2D eigenvalue weighted by molar-refractivity contribution is -0.121. The minimum absolute atomic E-state index is 0.0404. The number of Topliss-reactive ketones (excluding diaryl/α,β-unsaturated/α-hetero) is 1. The first-order valence-electron chi connectivity index (χ1n) is 6.28. The molecule has 1 N–H and O–H groups in total. The zero-order chi connectivity index (χ0) is 13.5. The molecule has 1 aromatic carbocycles. The van der Waals surface area contributed by atoms with Gasteiger partial charge < -0.3 is 10.1 Å². The summed E-state index contributed by atoms with van der Waals surface area (Å²) in [5.74, 6) is 0.498. The van der Waals surface area contributed by atoms with Crippen LogP contribution in [0.15, 0.2) is 24.3 Å². The number of para-hydroxylation sites is 1. The van der Waals surface area contributed by atoms with Gasteiger partial charge in [0.25, 0.3) is 0 Å². The van der Waals surface area contributed by atoms with Crippen LogP contribution in [0.25, 0.3) is 0 Å². The molecule has 1 aliphatic carbocycles. The molecule has 1 aliphatic heterocycles. The first-order chi connectivity index (χ1) is 9.16. The molecule has 0 spiro atoms. The van der Waals surface area contributed by atoms with E-state index < -0.39 is 6.04 Å². The summed E-state index contributed by atoms with van der Waals surface area (Å²) in [6, 6.07) is 6.58.